The lowest BCUT2D eigenvalue weighted by Crippen LogP contribution is -2.48. The Kier molecular flexibility index (Phi) is 5.03. The van der Waals surface area contributed by atoms with Crippen LogP contribution in [-0.2, 0) is 14.3 Å². The average Bonchev–Trinajstić information content (AvgIpc) is 2.78. The summed E-state index contributed by atoms with van der Waals surface area (Å²) >= 11 is 11.9. The highest BCUT2D eigenvalue weighted by Gasteiger charge is 2.69. The molecule has 0 aliphatic heterocycles. The van der Waals surface area contributed by atoms with Crippen LogP contribution in [0.1, 0.15) is 48.0 Å². The lowest BCUT2D eigenvalue weighted by molar-refractivity contribution is -0.164. The molecule has 20 heavy (non-hydrogen) atoms. The van der Waals surface area contributed by atoms with E-state index in [1.807, 2.05) is 27.7 Å². The summed E-state index contributed by atoms with van der Waals surface area (Å²) in [5.41, 5.74) is -0.912. The molecule has 116 valence electrons. The molecule has 0 bridgehead atoms. The molecule has 0 N–H and O–H groups in total. The van der Waals surface area contributed by atoms with Crippen molar-refractivity contribution < 1.29 is 14.3 Å². The highest BCUT2D eigenvalue weighted by molar-refractivity contribution is 6.53. The number of esters is 1. The number of halogens is 2. The van der Waals surface area contributed by atoms with E-state index in [9.17, 15) is 9.59 Å². The maximum Gasteiger partial charge on any atom is 0.315 e. The molecule has 0 aromatic heterocycles. The van der Waals surface area contributed by atoms with Crippen molar-refractivity contribution >= 4 is 35.1 Å². The Morgan fingerprint density at radius 2 is 1.50 bits per heavy atom. The van der Waals surface area contributed by atoms with Gasteiger partial charge in [-0.2, -0.15) is 0 Å². The molecule has 1 saturated carbocycles. The van der Waals surface area contributed by atoms with Crippen molar-refractivity contribution in [1.82, 2.24) is 4.90 Å². The van der Waals surface area contributed by atoms with E-state index in [0.29, 0.717) is 6.42 Å². The average molecular weight is 324 g/mol. The SMILES string of the molecule is CC(OC(=O)C1(C)CC1(Cl)Cl)C(=O)N(C(C)C)C(C)C. The predicted molar refractivity (Wildman–Crippen MR) is 79.8 cm³/mol. The zero-order valence-electron chi connectivity index (χ0n) is 12.9. The van der Waals surface area contributed by atoms with Gasteiger partial charge in [-0.3, -0.25) is 9.59 Å². The predicted octanol–water partition coefficient (Wildman–Crippen LogP) is 3.15. The number of rotatable bonds is 5. The van der Waals surface area contributed by atoms with Crippen LogP contribution in [0.4, 0.5) is 0 Å². The van der Waals surface area contributed by atoms with E-state index in [0.717, 1.165) is 0 Å². The second-order valence-corrected chi connectivity index (χ2v) is 7.68. The summed E-state index contributed by atoms with van der Waals surface area (Å²) in [6.45, 7) is 10.9. The van der Waals surface area contributed by atoms with Crippen molar-refractivity contribution in [3.05, 3.63) is 0 Å². The molecule has 0 radical (unpaired) electrons. The van der Waals surface area contributed by atoms with Crippen LogP contribution < -0.4 is 0 Å². The third-order valence-electron chi connectivity index (χ3n) is 3.71. The molecule has 6 heteroatoms. The van der Waals surface area contributed by atoms with Gasteiger partial charge in [-0.25, -0.2) is 0 Å². The van der Waals surface area contributed by atoms with Crippen LogP contribution in [0.25, 0.3) is 0 Å². The van der Waals surface area contributed by atoms with Crippen LogP contribution in [-0.4, -0.2) is 39.3 Å². The Balaban J connectivity index is 2.69. The Labute approximate surface area is 130 Å². The lowest BCUT2D eigenvalue weighted by atomic mass is 10.1. The van der Waals surface area contributed by atoms with Crippen molar-refractivity contribution in [1.29, 1.82) is 0 Å². The van der Waals surface area contributed by atoms with Gasteiger partial charge in [-0.1, -0.05) is 0 Å². The molecule has 0 spiro atoms. The number of nitrogens with zero attached hydrogens (tertiary/aromatic N) is 1. The number of alkyl halides is 2. The normalized spacial score (nSPS) is 25.5. The number of amides is 1. The molecule has 2 unspecified atom stereocenters. The zero-order chi connectivity index (χ0) is 15.9. The van der Waals surface area contributed by atoms with Gasteiger partial charge < -0.3 is 9.64 Å². The van der Waals surface area contributed by atoms with Crippen LogP contribution >= 0.6 is 23.2 Å². The van der Waals surface area contributed by atoms with Crippen molar-refractivity contribution in [3.8, 4) is 0 Å². The molecule has 1 rings (SSSR count). The smallest absolute Gasteiger partial charge is 0.315 e. The van der Waals surface area contributed by atoms with Gasteiger partial charge in [0.25, 0.3) is 5.91 Å². The van der Waals surface area contributed by atoms with E-state index < -0.39 is 21.8 Å². The summed E-state index contributed by atoms with van der Waals surface area (Å²) < 4.78 is 4.18. The van der Waals surface area contributed by atoms with Crippen LogP contribution in [0.15, 0.2) is 0 Å². The van der Waals surface area contributed by atoms with Crippen LogP contribution in [0.3, 0.4) is 0 Å². The first kappa shape index (κ1) is 17.6. The fourth-order valence-corrected chi connectivity index (χ4v) is 2.97. The van der Waals surface area contributed by atoms with E-state index in [1.54, 1.807) is 18.7 Å². The minimum absolute atomic E-state index is 0.0420. The molecule has 0 aromatic rings. The van der Waals surface area contributed by atoms with Gasteiger partial charge in [-0.15, -0.1) is 23.2 Å². The number of ether oxygens (including phenoxy) is 1. The minimum atomic E-state index is -1.08. The first-order valence-electron chi connectivity index (χ1n) is 6.85. The van der Waals surface area contributed by atoms with Gasteiger partial charge in [0, 0.05) is 18.5 Å². The Morgan fingerprint density at radius 3 is 1.80 bits per heavy atom. The fraction of sp³-hybridized carbons (Fsp3) is 0.857. The highest BCUT2D eigenvalue weighted by atomic mass is 35.5. The first-order valence-corrected chi connectivity index (χ1v) is 7.60. The minimum Gasteiger partial charge on any atom is -0.452 e. The van der Waals surface area contributed by atoms with Crippen molar-refractivity contribution in [2.45, 2.75) is 70.5 Å². The third-order valence-corrected chi connectivity index (χ3v) is 4.81. The van der Waals surface area contributed by atoms with Crippen molar-refractivity contribution in [2.75, 3.05) is 0 Å². The molecule has 1 aliphatic carbocycles. The molecule has 0 saturated heterocycles. The van der Waals surface area contributed by atoms with E-state index in [4.69, 9.17) is 27.9 Å². The number of carbonyl (C=O) groups is 2. The van der Waals surface area contributed by atoms with Crippen molar-refractivity contribution in [2.24, 2.45) is 5.41 Å². The van der Waals surface area contributed by atoms with Gasteiger partial charge in [0.1, 0.15) is 9.75 Å². The van der Waals surface area contributed by atoms with Crippen LogP contribution in [0, 0.1) is 5.41 Å². The highest BCUT2D eigenvalue weighted by Crippen LogP contribution is 2.64. The van der Waals surface area contributed by atoms with Gasteiger partial charge >= 0.3 is 5.97 Å². The molecule has 1 fully saturated rings. The second-order valence-electron chi connectivity index (χ2n) is 6.19. The lowest BCUT2D eigenvalue weighted by Gasteiger charge is -2.33. The van der Waals surface area contributed by atoms with E-state index in [-0.39, 0.29) is 18.0 Å². The maximum atomic E-state index is 12.4. The zero-order valence-corrected chi connectivity index (χ0v) is 14.4. The Bertz CT molecular complexity index is 401. The quantitative estimate of drug-likeness (QED) is 0.576. The van der Waals surface area contributed by atoms with Crippen LogP contribution in [0.2, 0.25) is 0 Å². The maximum absolute atomic E-state index is 12.4. The molecule has 1 aliphatic rings. The van der Waals surface area contributed by atoms with Gasteiger partial charge in [-0.05, 0) is 41.5 Å². The molecule has 1 amide bonds. The first-order chi connectivity index (χ1) is 8.94. The molecule has 4 nitrogen and oxygen atoms in total. The number of hydrogen-bond acceptors (Lipinski definition) is 3. The standard InChI is InChI=1S/C14H23Cl2NO3/c1-8(2)17(9(3)4)11(18)10(5)20-12(19)13(6)7-14(13,15)16/h8-10H,7H2,1-6H3. The van der Waals surface area contributed by atoms with Crippen molar-refractivity contribution in [3.63, 3.8) is 0 Å². The topological polar surface area (TPSA) is 46.6 Å². The van der Waals surface area contributed by atoms with E-state index in [2.05, 4.69) is 0 Å². The third kappa shape index (κ3) is 3.22. The van der Waals surface area contributed by atoms with E-state index in [1.165, 1.54) is 0 Å². The number of hydrogen-bond donors (Lipinski definition) is 0. The molecule has 0 aromatic carbocycles. The second kappa shape index (κ2) is 5.72. The Morgan fingerprint density at radius 1 is 1.10 bits per heavy atom. The summed E-state index contributed by atoms with van der Waals surface area (Å²) in [6.07, 6.45) is -0.491. The van der Waals surface area contributed by atoms with Crippen LogP contribution in [0.5, 0.6) is 0 Å². The monoisotopic (exact) mass is 323 g/mol. The Hall–Kier alpha value is -0.480. The van der Waals surface area contributed by atoms with Gasteiger partial charge in [0.05, 0.1) is 0 Å². The molecule has 0 heterocycles. The largest absolute Gasteiger partial charge is 0.452 e. The van der Waals surface area contributed by atoms with E-state index >= 15 is 0 Å². The molecular formula is C14H23Cl2NO3. The summed E-state index contributed by atoms with van der Waals surface area (Å²) in [6, 6.07) is 0.0839. The summed E-state index contributed by atoms with van der Waals surface area (Å²) in [7, 11) is 0. The number of carbonyl (C=O) groups excluding carboxylic acids is 2. The molecular weight excluding hydrogens is 301 g/mol. The summed E-state index contributed by atoms with van der Waals surface area (Å²) in [5, 5.41) is 0. The van der Waals surface area contributed by atoms with Gasteiger partial charge in [0.15, 0.2) is 6.10 Å². The summed E-state index contributed by atoms with van der Waals surface area (Å²) in [4.78, 5) is 26.1. The fourth-order valence-electron chi connectivity index (χ4n) is 2.28. The van der Waals surface area contributed by atoms with Gasteiger partial charge in [0.2, 0.25) is 0 Å². The molecule has 2 atom stereocenters. The summed E-state index contributed by atoms with van der Waals surface area (Å²) in [5.74, 6) is -0.724.